The lowest BCUT2D eigenvalue weighted by atomic mass is 10.2. The molecule has 0 atom stereocenters. The lowest BCUT2D eigenvalue weighted by Gasteiger charge is -2.31. The zero-order valence-electron chi connectivity index (χ0n) is 8.76. The molecule has 84 valence electrons. The molecule has 6 heteroatoms. The second kappa shape index (κ2) is 4.42. The monoisotopic (exact) mass is 237 g/mol. The van der Waals surface area contributed by atoms with Gasteiger partial charge in [-0.2, -0.15) is 15.8 Å². The molecule has 1 aromatic rings. The molecule has 1 aliphatic rings. The van der Waals surface area contributed by atoms with Crippen LogP contribution in [0.3, 0.4) is 0 Å². The number of nitrogens with one attached hydrogen (secondary N) is 1. The van der Waals surface area contributed by atoms with E-state index in [0.717, 1.165) is 11.3 Å². The fourth-order valence-corrected chi connectivity index (χ4v) is 1.48. The average molecular weight is 238 g/mol. The van der Waals surface area contributed by atoms with Gasteiger partial charge in [0.1, 0.15) is 0 Å². The van der Waals surface area contributed by atoms with E-state index < -0.39 is 0 Å². The van der Waals surface area contributed by atoms with E-state index in [4.69, 9.17) is 17.4 Å². The molecule has 3 N–H and O–H groups in total. The number of nitrogens with zero attached hydrogens (tertiary/aromatic N) is 3. The van der Waals surface area contributed by atoms with Gasteiger partial charge in [0.15, 0.2) is 0 Å². The Bertz CT molecular complexity index is 443. The summed E-state index contributed by atoms with van der Waals surface area (Å²) in [6.07, 6.45) is 3.14. The number of anilines is 1. The van der Waals surface area contributed by atoms with E-state index in [2.05, 4.69) is 10.6 Å². The molecule has 16 heavy (non-hydrogen) atoms. The minimum atomic E-state index is 0.502. The zero-order valence-corrected chi connectivity index (χ0v) is 9.52. The largest absolute Gasteiger partial charge is 0.226 e. The first-order valence-electron chi connectivity index (χ1n) is 4.73. The Morgan fingerprint density at radius 1 is 1.50 bits per heavy atom. The van der Waals surface area contributed by atoms with Crippen molar-refractivity contribution >= 4 is 23.5 Å². The summed E-state index contributed by atoms with van der Waals surface area (Å²) in [5.41, 5.74) is 4.68. The van der Waals surface area contributed by atoms with Crippen molar-refractivity contribution in [3.63, 3.8) is 0 Å². The number of benzene rings is 1. The minimum absolute atomic E-state index is 0.502. The SMILES string of the molecule is Cc1cccc(N(N)N2C=C(Cl)C=NN2)c1. The van der Waals surface area contributed by atoms with E-state index in [1.165, 1.54) is 16.5 Å². The molecule has 0 saturated heterocycles. The molecular weight excluding hydrogens is 226 g/mol. The number of aryl methyl sites for hydroxylation is 1. The number of hydrazine groups is 3. The summed E-state index contributed by atoms with van der Waals surface area (Å²) in [5, 5.41) is 7.26. The van der Waals surface area contributed by atoms with Crippen LogP contribution in [-0.2, 0) is 0 Å². The quantitative estimate of drug-likeness (QED) is 0.604. The number of halogens is 1. The van der Waals surface area contributed by atoms with Crippen molar-refractivity contribution in [1.82, 2.24) is 10.7 Å². The van der Waals surface area contributed by atoms with Crippen LogP contribution in [0, 0.1) is 6.92 Å². The first-order chi connectivity index (χ1) is 7.66. The second-order valence-corrected chi connectivity index (χ2v) is 3.84. The Kier molecular flexibility index (Phi) is 2.98. The van der Waals surface area contributed by atoms with E-state index in [1.54, 1.807) is 6.20 Å². The predicted octanol–water partition coefficient (Wildman–Crippen LogP) is 1.48. The molecule has 2 rings (SSSR count). The number of hydrogen-bond donors (Lipinski definition) is 2. The van der Waals surface area contributed by atoms with Crippen molar-refractivity contribution in [3.05, 3.63) is 41.1 Å². The Labute approximate surface area is 98.7 Å². The first kappa shape index (κ1) is 10.8. The lowest BCUT2D eigenvalue weighted by molar-refractivity contribution is 0.250. The molecule has 0 spiro atoms. The van der Waals surface area contributed by atoms with Crippen molar-refractivity contribution in [2.75, 3.05) is 5.12 Å². The molecule has 1 heterocycles. The molecule has 1 aromatic carbocycles. The van der Waals surface area contributed by atoms with Crippen LogP contribution in [0.1, 0.15) is 5.56 Å². The Morgan fingerprint density at radius 2 is 2.31 bits per heavy atom. The first-order valence-corrected chi connectivity index (χ1v) is 5.11. The fraction of sp³-hybridized carbons (Fsp3) is 0.100. The number of nitrogens with two attached hydrogens (primary N) is 1. The van der Waals surface area contributed by atoms with E-state index in [0.29, 0.717) is 5.03 Å². The molecule has 0 radical (unpaired) electrons. The second-order valence-electron chi connectivity index (χ2n) is 3.40. The molecule has 0 aromatic heterocycles. The maximum Gasteiger partial charge on any atom is 0.0808 e. The molecule has 0 amide bonds. The van der Waals surface area contributed by atoms with Gasteiger partial charge < -0.3 is 0 Å². The summed E-state index contributed by atoms with van der Waals surface area (Å²) in [6.45, 7) is 2.00. The third-order valence-corrected chi connectivity index (χ3v) is 2.29. The predicted molar refractivity (Wildman–Crippen MR) is 65.2 cm³/mol. The van der Waals surface area contributed by atoms with Crippen molar-refractivity contribution < 1.29 is 0 Å². The highest BCUT2D eigenvalue weighted by Gasteiger charge is 2.11. The van der Waals surface area contributed by atoms with Gasteiger partial charge in [0.2, 0.25) is 0 Å². The highest BCUT2D eigenvalue weighted by molar-refractivity contribution is 6.39. The highest BCUT2D eigenvalue weighted by atomic mass is 35.5. The maximum atomic E-state index is 5.92. The summed E-state index contributed by atoms with van der Waals surface area (Å²) >= 11 is 5.82. The van der Waals surface area contributed by atoms with Gasteiger partial charge >= 0.3 is 0 Å². The molecule has 0 saturated carbocycles. The number of rotatable bonds is 2. The van der Waals surface area contributed by atoms with Gasteiger partial charge in [-0.1, -0.05) is 23.7 Å². The van der Waals surface area contributed by atoms with Gasteiger partial charge in [-0.3, -0.25) is 0 Å². The van der Waals surface area contributed by atoms with E-state index in [-0.39, 0.29) is 0 Å². The van der Waals surface area contributed by atoms with Crippen molar-refractivity contribution in [2.24, 2.45) is 10.9 Å². The molecule has 0 unspecified atom stereocenters. The average Bonchev–Trinajstić information content (AvgIpc) is 2.28. The molecular formula is C10H12ClN5. The Balaban J connectivity index is 2.19. The Morgan fingerprint density at radius 3 is 3.00 bits per heavy atom. The fourth-order valence-electron chi connectivity index (χ4n) is 1.33. The molecule has 0 aliphatic carbocycles. The van der Waals surface area contributed by atoms with E-state index >= 15 is 0 Å². The molecule has 1 aliphatic heterocycles. The van der Waals surface area contributed by atoms with E-state index in [1.807, 2.05) is 31.2 Å². The molecule has 0 bridgehead atoms. The third-order valence-electron chi connectivity index (χ3n) is 2.09. The maximum absolute atomic E-state index is 5.92. The van der Waals surface area contributed by atoms with Crippen LogP contribution in [0.2, 0.25) is 0 Å². The minimum Gasteiger partial charge on any atom is -0.226 e. The van der Waals surface area contributed by atoms with Gasteiger partial charge in [-0.05, 0) is 24.6 Å². The van der Waals surface area contributed by atoms with Crippen LogP contribution in [-0.4, -0.2) is 11.3 Å². The van der Waals surface area contributed by atoms with Gasteiger partial charge in [0, 0.05) is 0 Å². The smallest absolute Gasteiger partial charge is 0.0808 e. The van der Waals surface area contributed by atoms with Crippen molar-refractivity contribution in [1.29, 1.82) is 0 Å². The van der Waals surface area contributed by atoms with Gasteiger partial charge in [0.05, 0.1) is 23.1 Å². The number of hydrazone groups is 1. The zero-order chi connectivity index (χ0) is 11.5. The molecule has 5 nitrogen and oxygen atoms in total. The van der Waals surface area contributed by atoms with Crippen LogP contribution in [0.5, 0.6) is 0 Å². The normalized spacial score (nSPS) is 14.4. The lowest BCUT2D eigenvalue weighted by Crippen LogP contribution is -2.51. The topological polar surface area (TPSA) is 56.9 Å². The summed E-state index contributed by atoms with van der Waals surface area (Å²) in [6, 6.07) is 7.79. The third kappa shape index (κ3) is 2.26. The molecule has 0 fully saturated rings. The summed E-state index contributed by atoms with van der Waals surface area (Å²) in [5.74, 6) is 5.92. The summed E-state index contributed by atoms with van der Waals surface area (Å²) in [7, 11) is 0. The van der Waals surface area contributed by atoms with Crippen molar-refractivity contribution in [2.45, 2.75) is 6.92 Å². The highest BCUT2D eigenvalue weighted by Crippen LogP contribution is 2.15. The number of allylic oxidation sites excluding steroid dienone is 1. The Hall–Kier alpha value is -1.72. The van der Waals surface area contributed by atoms with Crippen LogP contribution in [0.15, 0.2) is 40.6 Å². The van der Waals surface area contributed by atoms with E-state index in [9.17, 15) is 0 Å². The van der Waals surface area contributed by atoms with Crippen LogP contribution in [0.25, 0.3) is 0 Å². The van der Waals surface area contributed by atoms with Crippen LogP contribution >= 0.6 is 11.6 Å². The summed E-state index contributed by atoms with van der Waals surface area (Å²) in [4.78, 5) is 0. The van der Waals surface area contributed by atoms with Crippen molar-refractivity contribution in [3.8, 4) is 0 Å². The van der Waals surface area contributed by atoms with Gasteiger partial charge in [0.25, 0.3) is 0 Å². The van der Waals surface area contributed by atoms with Gasteiger partial charge in [-0.25, -0.2) is 11.0 Å². The standard InChI is InChI=1S/C10H12ClN5/c1-8-3-2-4-10(5-8)16(12)15-7-9(11)6-13-14-15/h2-7,14H,12H2,1H3. The number of hydrogen-bond acceptors (Lipinski definition) is 5. The van der Waals surface area contributed by atoms with Crippen LogP contribution in [0.4, 0.5) is 5.69 Å². The van der Waals surface area contributed by atoms with Gasteiger partial charge in [-0.15, -0.1) is 0 Å². The van der Waals surface area contributed by atoms with Crippen LogP contribution < -0.4 is 16.5 Å². The summed E-state index contributed by atoms with van der Waals surface area (Å²) < 4.78 is 0.